The van der Waals surface area contributed by atoms with Gasteiger partial charge in [0.1, 0.15) is 0 Å². The van der Waals surface area contributed by atoms with Crippen LogP contribution in [0.2, 0.25) is 0 Å². The second kappa shape index (κ2) is 6.00. The SMILES string of the molecule is Cc1ccccc1N1CCN2C1=NC1C2C(=O)N(CC(C)C)C(=O)N1C. The fraction of sp³-hybridized carbons (Fsp3) is 0.526. The molecule has 1 aromatic carbocycles. The topological polar surface area (TPSA) is 59.5 Å². The second-order valence-electron chi connectivity index (χ2n) is 7.66. The maximum atomic E-state index is 13.1. The smallest absolute Gasteiger partial charge is 0.325 e. The Balaban J connectivity index is 1.68. The van der Waals surface area contributed by atoms with Gasteiger partial charge in [0.05, 0.1) is 0 Å². The van der Waals surface area contributed by atoms with E-state index in [0.29, 0.717) is 6.54 Å². The number of aryl methyl sites for hydroxylation is 1. The quantitative estimate of drug-likeness (QED) is 0.829. The largest absolute Gasteiger partial charge is 0.328 e. The lowest BCUT2D eigenvalue weighted by molar-refractivity contribution is -0.137. The van der Waals surface area contributed by atoms with Gasteiger partial charge in [-0.15, -0.1) is 0 Å². The highest BCUT2D eigenvalue weighted by Gasteiger charge is 2.54. The van der Waals surface area contributed by atoms with Crippen molar-refractivity contribution in [1.82, 2.24) is 14.7 Å². The maximum absolute atomic E-state index is 13.1. The van der Waals surface area contributed by atoms with E-state index in [9.17, 15) is 9.59 Å². The molecule has 0 aliphatic carbocycles. The van der Waals surface area contributed by atoms with Gasteiger partial charge in [-0.25, -0.2) is 9.79 Å². The summed E-state index contributed by atoms with van der Waals surface area (Å²) in [6.07, 6.45) is -0.444. The molecule has 3 amide bonds. The van der Waals surface area contributed by atoms with Crippen LogP contribution in [0.25, 0.3) is 0 Å². The van der Waals surface area contributed by atoms with Gasteiger partial charge in [-0.05, 0) is 24.5 Å². The number of carbonyl (C=O) groups excluding carboxylic acids is 2. The summed E-state index contributed by atoms with van der Waals surface area (Å²) in [5.74, 6) is 0.905. The molecule has 0 saturated carbocycles. The third-order valence-corrected chi connectivity index (χ3v) is 5.33. The Morgan fingerprint density at radius 1 is 1.19 bits per heavy atom. The first kappa shape index (κ1) is 16.9. The molecular weight excluding hydrogens is 330 g/mol. The highest BCUT2D eigenvalue weighted by atomic mass is 16.2. The van der Waals surface area contributed by atoms with Crippen LogP contribution in [-0.2, 0) is 4.79 Å². The van der Waals surface area contributed by atoms with E-state index >= 15 is 0 Å². The van der Waals surface area contributed by atoms with Crippen LogP contribution in [0.15, 0.2) is 29.3 Å². The van der Waals surface area contributed by atoms with Gasteiger partial charge in [-0.2, -0.15) is 0 Å². The van der Waals surface area contributed by atoms with E-state index in [1.54, 1.807) is 11.9 Å². The molecular formula is C19H25N5O2. The number of fused-ring (bicyclic) bond motifs is 3. The van der Waals surface area contributed by atoms with Gasteiger partial charge in [-0.1, -0.05) is 32.0 Å². The van der Waals surface area contributed by atoms with Gasteiger partial charge in [0, 0.05) is 32.4 Å². The van der Waals surface area contributed by atoms with Crippen LogP contribution in [0.5, 0.6) is 0 Å². The summed E-state index contributed by atoms with van der Waals surface area (Å²) in [5.41, 5.74) is 2.27. The van der Waals surface area contributed by atoms with Crippen molar-refractivity contribution in [2.75, 3.05) is 31.6 Å². The highest BCUT2D eigenvalue weighted by Crippen LogP contribution is 2.34. The van der Waals surface area contributed by atoms with Crippen LogP contribution in [0.3, 0.4) is 0 Å². The summed E-state index contributed by atoms with van der Waals surface area (Å²) in [7, 11) is 1.74. The monoisotopic (exact) mass is 355 g/mol. The molecule has 3 aliphatic rings. The summed E-state index contributed by atoms with van der Waals surface area (Å²) < 4.78 is 0. The molecule has 2 saturated heterocycles. The van der Waals surface area contributed by atoms with Gasteiger partial charge < -0.3 is 14.7 Å². The minimum Gasteiger partial charge on any atom is -0.325 e. The van der Waals surface area contributed by atoms with Crippen molar-refractivity contribution in [3.8, 4) is 0 Å². The highest BCUT2D eigenvalue weighted by molar-refractivity contribution is 6.08. The summed E-state index contributed by atoms with van der Waals surface area (Å²) >= 11 is 0. The fourth-order valence-electron chi connectivity index (χ4n) is 4.06. The van der Waals surface area contributed by atoms with Crippen LogP contribution >= 0.6 is 0 Å². The van der Waals surface area contributed by atoms with E-state index in [1.807, 2.05) is 26.0 Å². The second-order valence-corrected chi connectivity index (χ2v) is 7.66. The molecule has 2 unspecified atom stereocenters. The molecule has 0 bridgehead atoms. The summed E-state index contributed by atoms with van der Waals surface area (Å²) in [6, 6.07) is 7.51. The number of carbonyl (C=O) groups is 2. The predicted molar refractivity (Wildman–Crippen MR) is 100.0 cm³/mol. The third kappa shape index (κ3) is 2.37. The number of anilines is 1. The van der Waals surface area contributed by atoms with Crippen molar-refractivity contribution in [1.29, 1.82) is 0 Å². The van der Waals surface area contributed by atoms with Gasteiger partial charge in [-0.3, -0.25) is 9.69 Å². The van der Waals surface area contributed by atoms with Crippen molar-refractivity contribution < 1.29 is 9.59 Å². The molecule has 26 heavy (non-hydrogen) atoms. The first-order chi connectivity index (χ1) is 12.4. The minimum absolute atomic E-state index is 0.128. The summed E-state index contributed by atoms with van der Waals surface area (Å²) in [6.45, 7) is 8.07. The van der Waals surface area contributed by atoms with E-state index < -0.39 is 12.2 Å². The van der Waals surface area contributed by atoms with Crippen molar-refractivity contribution in [2.24, 2.45) is 10.9 Å². The normalized spacial score (nSPS) is 25.2. The molecule has 0 radical (unpaired) electrons. The number of imide groups is 1. The number of hydrogen-bond donors (Lipinski definition) is 0. The molecule has 138 valence electrons. The van der Waals surface area contributed by atoms with Crippen LogP contribution in [0.1, 0.15) is 19.4 Å². The molecule has 3 aliphatic heterocycles. The van der Waals surface area contributed by atoms with E-state index in [4.69, 9.17) is 4.99 Å². The zero-order valence-corrected chi connectivity index (χ0v) is 15.7. The number of likely N-dealkylation sites (N-methyl/N-ethyl adjacent to an activating group) is 1. The number of aliphatic imine (C=N–C) groups is 1. The van der Waals surface area contributed by atoms with Gasteiger partial charge >= 0.3 is 6.03 Å². The lowest BCUT2D eigenvalue weighted by Crippen LogP contribution is -2.65. The zero-order chi connectivity index (χ0) is 18.6. The Kier molecular flexibility index (Phi) is 3.89. The maximum Gasteiger partial charge on any atom is 0.328 e. The van der Waals surface area contributed by atoms with Gasteiger partial charge in [0.15, 0.2) is 12.2 Å². The van der Waals surface area contributed by atoms with Crippen LogP contribution < -0.4 is 4.90 Å². The Morgan fingerprint density at radius 3 is 2.62 bits per heavy atom. The number of nitrogens with zero attached hydrogens (tertiary/aromatic N) is 5. The van der Waals surface area contributed by atoms with E-state index in [0.717, 1.165) is 24.7 Å². The first-order valence-electron chi connectivity index (χ1n) is 9.16. The Morgan fingerprint density at radius 2 is 1.92 bits per heavy atom. The van der Waals surface area contributed by atoms with Crippen molar-refractivity contribution in [3.05, 3.63) is 29.8 Å². The van der Waals surface area contributed by atoms with E-state index in [1.165, 1.54) is 10.5 Å². The molecule has 0 aromatic heterocycles. The van der Waals surface area contributed by atoms with E-state index in [2.05, 4.69) is 28.9 Å². The average Bonchev–Trinajstić information content (AvgIpc) is 3.16. The number of guanidine groups is 1. The van der Waals surface area contributed by atoms with Crippen LogP contribution in [-0.4, -0.2) is 71.5 Å². The number of benzene rings is 1. The zero-order valence-electron chi connectivity index (χ0n) is 15.7. The Hall–Kier alpha value is -2.57. The van der Waals surface area contributed by atoms with Crippen LogP contribution in [0, 0.1) is 12.8 Å². The summed E-state index contributed by atoms with van der Waals surface area (Å²) in [5, 5.41) is 0. The molecule has 7 heteroatoms. The van der Waals surface area contributed by atoms with Crippen LogP contribution in [0.4, 0.5) is 10.5 Å². The number of rotatable bonds is 3. The molecule has 1 aromatic rings. The Bertz CT molecular complexity index is 790. The molecule has 3 heterocycles. The van der Waals surface area contributed by atoms with Gasteiger partial charge in [0.25, 0.3) is 5.91 Å². The fourth-order valence-corrected chi connectivity index (χ4v) is 4.06. The molecule has 4 rings (SSSR count). The standard InChI is InChI=1S/C19H25N5O2/c1-12(2)11-24-17(25)15-16(21(4)19(24)26)20-18-22(9-10-23(15)18)14-8-6-5-7-13(14)3/h5-8,12,15-16H,9-11H2,1-4H3. The minimum atomic E-state index is -0.444. The molecule has 2 fully saturated rings. The summed E-state index contributed by atoms with van der Waals surface area (Å²) in [4.78, 5) is 37.8. The number of para-hydroxylation sites is 1. The van der Waals surface area contributed by atoms with Crippen molar-refractivity contribution in [2.45, 2.75) is 33.0 Å². The first-order valence-corrected chi connectivity index (χ1v) is 9.16. The Labute approximate surface area is 153 Å². The van der Waals surface area contributed by atoms with Gasteiger partial charge in [0.2, 0.25) is 5.96 Å². The van der Waals surface area contributed by atoms with Crippen molar-refractivity contribution >= 4 is 23.6 Å². The number of urea groups is 1. The molecule has 2 atom stereocenters. The molecule has 7 nitrogen and oxygen atoms in total. The average molecular weight is 355 g/mol. The van der Waals surface area contributed by atoms with Crippen molar-refractivity contribution in [3.63, 3.8) is 0 Å². The lowest BCUT2D eigenvalue weighted by Gasteiger charge is -2.41. The lowest BCUT2D eigenvalue weighted by atomic mass is 10.1. The number of hydrogen-bond acceptors (Lipinski definition) is 5. The molecule has 0 N–H and O–H groups in total. The number of amides is 3. The predicted octanol–water partition coefficient (Wildman–Crippen LogP) is 1.73. The van der Waals surface area contributed by atoms with E-state index in [-0.39, 0.29) is 17.9 Å². The molecule has 0 spiro atoms. The third-order valence-electron chi connectivity index (χ3n) is 5.33.